The Bertz CT molecular complexity index is 642. The highest BCUT2D eigenvalue weighted by Gasteiger charge is 2.36. The van der Waals surface area contributed by atoms with Gasteiger partial charge in [-0.25, -0.2) is 4.39 Å². The number of carbonyl (C=O) groups excluding carboxylic acids is 2. The number of amides is 2. The number of hydrogen-bond acceptors (Lipinski definition) is 3. The monoisotopic (exact) mass is 348 g/mol. The van der Waals surface area contributed by atoms with Gasteiger partial charge in [0.25, 0.3) is 5.91 Å². The smallest absolute Gasteiger partial charge is 0.388 e. The lowest BCUT2D eigenvalue weighted by molar-refractivity contribution is -0.138. The van der Waals surface area contributed by atoms with Crippen molar-refractivity contribution in [2.75, 3.05) is 13.1 Å². The van der Waals surface area contributed by atoms with Crippen molar-refractivity contribution in [2.45, 2.75) is 31.0 Å². The van der Waals surface area contributed by atoms with E-state index < -0.39 is 47.1 Å². The van der Waals surface area contributed by atoms with E-state index in [2.05, 4.69) is 5.32 Å². The number of hydrogen-bond donors (Lipinski definition) is 3. The summed E-state index contributed by atoms with van der Waals surface area (Å²) >= 11 is 0. The van der Waals surface area contributed by atoms with Crippen LogP contribution in [0.3, 0.4) is 0 Å². The molecule has 1 aliphatic rings. The van der Waals surface area contributed by atoms with Crippen molar-refractivity contribution in [3.05, 3.63) is 35.1 Å². The third-order valence-corrected chi connectivity index (χ3v) is 3.84. The van der Waals surface area contributed by atoms with E-state index in [1.54, 1.807) is 0 Å². The second-order valence-electron chi connectivity index (χ2n) is 5.72. The molecule has 0 saturated heterocycles. The standard InChI is InChI=1S/C15H16F4N2O3/c16-9-2-3-10(11(6-9)15(17,18)19)13(23)20-7-12(22)21-8-14(24)4-1-5-14/h2-3,6,24H,1,4-5,7-8H2,(H,20,23)(H,21,22). The van der Waals surface area contributed by atoms with Crippen LogP contribution >= 0.6 is 0 Å². The van der Waals surface area contributed by atoms with Crippen molar-refractivity contribution in [1.29, 1.82) is 0 Å². The third kappa shape index (κ3) is 4.44. The van der Waals surface area contributed by atoms with Gasteiger partial charge in [0.15, 0.2) is 0 Å². The molecule has 0 radical (unpaired) electrons. The Labute approximate surface area is 135 Å². The molecule has 0 spiro atoms. The molecule has 1 aromatic carbocycles. The number of benzene rings is 1. The first-order valence-electron chi connectivity index (χ1n) is 7.25. The van der Waals surface area contributed by atoms with Gasteiger partial charge in [0.2, 0.25) is 5.91 Å². The van der Waals surface area contributed by atoms with Gasteiger partial charge in [-0.05, 0) is 37.5 Å². The van der Waals surface area contributed by atoms with Crippen LogP contribution in [-0.2, 0) is 11.0 Å². The van der Waals surface area contributed by atoms with Gasteiger partial charge < -0.3 is 15.7 Å². The Morgan fingerprint density at radius 1 is 1.21 bits per heavy atom. The lowest BCUT2D eigenvalue weighted by Gasteiger charge is -2.36. The van der Waals surface area contributed by atoms with Crippen LogP contribution in [0.5, 0.6) is 0 Å². The zero-order valence-corrected chi connectivity index (χ0v) is 12.5. The second-order valence-corrected chi connectivity index (χ2v) is 5.72. The van der Waals surface area contributed by atoms with E-state index >= 15 is 0 Å². The van der Waals surface area contributed by atoms with E-state index in [1.165, 1.54) is 0 Å². The van der Waals surface area contributed by atoms with Crippen LogP contribution in [-0.4, -0.2) is 35.6 Å². The van der Waals surface area contributed by atoms with Crippen molar-refractivity contribution in [2.24, 2.45) is 0 Å². The van der Waals surface area contributed by atoms with Crippen LogP contribution in [0.1, 0.15) is 35.2 Å². The Morgan fingerprint density at radius 2 is 1.88 bits per heavy atom. The molecule has 1 saturated carbocycles. The number of aliphatic hydroxyl groups is 1. The first kappa shape index (κ1) is 18.2. The second kappa shape index (κ2) is 6.76. The predicted octanol–water partition coefficient (Wildman–Crippen LogP) is 1.61. The minimum atomic E-state index is -4.90. The molecular weight excluding hydrogens is 332 g/mol. The molecule has 9 heteroatoms. The number of halogens is 4. The number of carbonyl (C=O) groups is 2. The van der Waals surface area contributed by atoms with Crippen molar-refractivity contribution in [3.8, 4) is 0 Å². The fourth-order valence-electron chi connectivity index (χ4n) is 2.29. The topological polar surface area (TPSA) is 78.4 Å². The van der Waals surface area contributed by atoms with Crippen LogP contribution in [0.2, 0.25) is 0 Å². The molecule has 0 heterocycles. The summed E-state index contributed by atoms with van der Waals surface area (Å²) in [6.07, 6.45) is -2.92. The predicted molar refractivity (Wildman–Crippen MR) is 75.5 cm³/mol. The first-order chi connectivity index (χ1) is 11.1. The maximum Gasteiger partial charge on any atom is 0.417 e. The van der Waals surface area contributed by atoms with Gasteiger partial charge in [-0.2, -0.15) is 13.2 Å². The highest BCUT2D eigenvalue weighted by atomic mass is 19.4. The lowest BCUT2D eigenvalue weighted by atomic mass is 9.80. The van der Waals surface area contributed by atoms with Gasteiger partial charge in [-0.15, -0.1) is 0 Å². The highest BCUT2D eigenvalue weighted by molar-refractivity contribution is 5.97. The Balaban J connectivity index is 1.94. The van der Waals surface area contributed by atoms with Crippen molar-refractivity contribution in [3.63, 3.8) is 0 Å². The van der Waals surface area contributed by atoms with Gasteiger partial charge in [0.05, 0.1) is 23.3 Å². The summed E-state index contributed by atoms with van der Waals surface area (Å²) in [5.74, 6) is -2.90. The molecule has 5 nitrogen and oxygen atoms in total. The number of alkyl halides is 3. The molecule has 24 heavy (non-hydrogen) atoms. The molecule has 3 N–H and O–H groups in total. The van der Waals surface area contributed by atoms with E-state index in [4.69, 9.17) is 0 Å². The summed E-state index contributed by atoms with van der Waals surface area (Å²) in [6, 6.07) is 1.67. The fourth-order valence-corrected chi connectivity index (χ4v) is 2.29. The fraction of sp³-hybridized carbons (Fsp3) is 0.467. The average molecular weight is 348 g/mol. The summed E-state index contributed by atoms with van der Waals surface area (Å²) in [5.41, 5.74) is -3.13. The SMILES string of the molecule is O=C(CNC(=O)c1ccc(F)cc1C(F)(F)F)NCC1(O)CCC1. The van der Waals surface area contributed by atoms with Crippen LogP contribution in [0, 0.1) is 5.82 Å². The Kier molecular flexibility index (Phi) is 5.12. The van der Waals surface area contributed by atoms with Crippen LogP contribution in [0.4, 0.5) is 17.6 Å². The van der Waals surface area contributed by atoms with E-state index in [-0.39, 0.29) is 12.6 Å². The molecule has 0 bridgehead atoms. The highest BCUT2D eigenvalue weighted by Crippen LogP contribution is 2.32. The van der Waals surface area contributed by atoms with Crippen LogP contribution in [0.15, 0.2) is 18.2 Å². The summed E-state index contributed by atoms with van der Waals surface area (Å²) in [4.78, 5) is 23.4. The van der Waals surface area contributed by atoms with Gasteiger partial charge in [0.1, 0.15) is 5.82 Å². The molecule has 2 amide bonds. The molecular formula is C15H16F4N2O3. The third-order valence-electron chi connectivity index (χ3n) is 3.84. The lowest BCUT2D eigenvalue weighted by Crippen LogP contribution is -2.49. The zero-order chi connectivity index (χ0) is 18.0. The van der Waals surface area contributed by atoms with Gasteiger partial charge in [-0.3, -0.25) is 9.59 Å². The minimum absolute atomic E-state index is 0.0199. The average Bonchev–Trinajstić information content (AvgIpc) is 2.47. The molecule has 0 atom stereocenters. The van der Waals surface area contributed by atoms with E-state index in [0.717, 1.165) is 12.5 Å². The summed E-state index contributed by atoms with van der Waals surface area (Å²) in [6.45, 7) is -0.532. The molecule has 1 aliphatic carbocycles. The number of nitrogens with one attached hydrogen (secondary N) is 2. The van der Waals surface area contributed by atoms with Crippen molar-refractivity contribution in [1.82, 2.24) is 10.6 Å². The largest absolute Gasteiger partial charge is 0.417 e. The molecule has 0 aromatic heterocycles. The maximum absolute atomic E-state index is 13.0. The molecule has 132 valence electrons. The van der Waals surface area contributed by atoms with Gasteiger partial charge in [0, 0.05) is 6.54 Å². The maximum atomic E-state index is 13.0. The number of rotatable bonds is 5. The van der Waals surface area contributed by atoms with Crippen LogP contribution < -0.4 is 10.6 Å². The molecule has 0 aliphatic heterocycles. The van der Waals surface area contributed by atoms with E-state index in [0.29, 0.717) is 18.9 Å². The van der Waals surface area contributed by atoms with E-state index in [1.807, 2.05) is 5.32 Å². The summed E-state index contributed by atoms with van der Waals surface area (Å²) in [5, 5.41) is 14.3. The summed E-state index contributed by atoms with van der Waals surface area (Å²) < 4.78 is 51.5. The Morgan fingerprint density at radius 3 is 2.42 bits per heavy atom. The summed E-state index contributed by atoms with van der Waals surface area (Å²) in [7, 11) is 0. The van der Waals surface area contributed by atoms with Crippen molar-refractivity contribution < 1.29 is 32.3 Å². The first-order valence-corrected chi connectivity index (χ1v) is 7.25. The van der Waals surface area contributed by atoms with Gasteiger partial charge in [-0.1, -0.05) is 0 Å². The minimum Gasteiger partial charge on any atom is -0.388 e. The van der Waals surface area contributed by atoms with Crippen LogP contribution in [0.25, 0.3) is 0 Å². The Hall–Kier alpha value is -2.16. The molecule has 1 aromatic rings. The van der Waals surface area contributed by atoms with E-state index in [9.17, 15) is 32.3 Å². The van der Waals surface area contributed by atoms with Gasteiger partial charge >= 0.3 is 6.18 Å². The van der Waals surface area contributed by atoms with Crippen molar-refractivity contribution >= 4 is 11.8 Å². The molecule has 0 unspecified atom stereocenters. The zero-order valence-electron chi connectivity index (χ0n) is 12.5. The molecule has 1 fully saturated rings. The normalized spacial score (nSPS) is 16.2. The molecule has 2 rings (SSSR count). The quantitative estimate of drug-likeness (QED) is 0.708.